The van der Waals surface area contributed by atoms with Crippen molar-refractivity contribution >= 4 is 6.08 Å². The van der Waals surface area contributed by atoms with Gasteiger partial charge in [-0.05, 0) is 12.5 Å². The Bertz CT molecular complexity index is 364. The first kappa shape index (κ1) is 11.3. The zero-order valence-electron chi connectivity index (χ0n) is 9.01. The first-order chi connectivity index (χ1) is 7.43. The highest BCUT2D eigenvalue weighted by atomic mass is 13.8. The average Bonchev–Trinajstić information content (AvgIpc) is 2.29. The topological polar surface area (TPSA) is 0 Å². The predicted molar refractivity (Wildman–Crippen MR) is 68.6 cm³/mol. The molecule has 0 saturated heterocycles. The minimum atomic E-state index is 1.22. The van der Waals surface area contributed by atoms with Crippen molar-refractivity contribution in [2.45, 2.75) is 6.92 Å². The Kier molecular flexibility index (Phi) is 5.68. The summed E-state index contributed by atoms with van der Waals surface area (Å²) in [6.07, 6.45) is 16.2. The highest BCUT2D eigenvalue weighted by molar-refractivity contribution is 5.50. The lowest BCUT2D eigenvalue weighted by atomic mass is 10.2. The summed E-state index contributed by atoms with van der Waals surface area (Å²) in [7, 11) is 0. The van der Waals surface area contributed by atoms with E-state index in [0.29, 0.717) is 0 Å². The van der Waals surface area contributed by atoms with Crippen LogP contribution < -0.4 is 0 Å². The van der Waals surface area contributed by atoms with Crippen LogP contribution in [-0.4, -0.2) is 0 Å². The van der Waals surface area contributed by atoms with Crippen molar-refractivity contribution < 1.29 is 0 Å². The molecule has 1 aromatic carbocycles. The highest BCUT2D eigenvalue weighted by Crippen LogP contribution is 2.00. The third kappa shape index (κ3) is 5.48. The Morgan fingerprint density at radius 2 is 1.33 bits per heavy atom. The van der Waals surface area contributed by atoms with Crippen LogP contribution in [0.1, 0.15) is 12.5 Å². The number of hydrogen-bond donors (Lipinski definition) is 0. The molecule has 76 valence electrons. The Labute approximate surface area is 92.0 Å². The van der Waals surface area contributed by atoms with Crippen LogP contribution in [0, 0.1) is 0 Å². The van der Waals surface area contributed by atoms with Gasteiger partial charge < -0.3 is 0 Å². The molecule has 0 bridgehead atoms. The molecule has 0 amide bonds. The molecule has 0 aliphatic heterocycles. The average molecular weight is 196 g/mol. The van der Waals surface area contributed by atoms with Crippen molar-refractivity contribution in [2.24, 2.45) is 0 Å². The first-order valence-corrected chi connectivity index (χ1v) is 5.11. The Morgan fingerprint density at radius 3 is 2.00 bits per heavy atom. The van der Waals surface area contributed by atoms with Crippen LogP contribution in [0.3, 0.4) is 0 Å². The van der Waals surface area contributed by atoms with E-state index in [9.17, 15) is 0 Å². The maximum atomic E-state index is 2.08. The van der Waals surface area contributed by atoms with Crippen LogP contribution in [0.15, 0.2) is 72.9 Å². The summed E-state index contributed by atoms with van der Waals surface area (Å²) in [5.41, 5.74) is 1.22. The van der Waals surface area contributed by atoms with Gasteiger partial charge in [0.1, 0.15) is 0 Å². The van der Waals surface area contributed by atoms with Gasteiger partial charge in [0.15, 0.2) is 0 Å². The fourth-order valence-electron chi connectivity index (χ4n) is 1.10. The Balaban J connectivity index is 2.40. The van der Waals surface area contributed by atoms with Gasteiger partial charge in [0, 0.05) is 0 Å². The second kappa shape index (κ2) is 7.57. The van der Waals surface area contributed by atoms with E-state index in [-0.39, 0.29) is 0 Å². The van der Waals surface area contributed by atoms with Gasteiger partial charge in [-0.1, -0.05) is 78.9 Å². The maximum Gasteiger partial charge on any atom is -0.0257 e. The zero-order valence-corrected chi connectivity index (χ0v) is 9.01. The minimum Gasteiger partial charge on any atom is -0.0877 e. The molecule has 1 rings (SSSR count). The maximum absolute atomic E-state index is 2.08. The molecule has 0 spiro atoms. The monoisotopic (exact) mass is 196 g/mol. The van der Waals surface area contributed by atoms with Crippen LogP contribution in [0.5, 0.6) is 0 Å². The summed E-state index contributed by atoms with van der Waals surface area (Å²) in [5.74, 6) is 0. The second-order valence-corrected chi connectivity index (χ2v) is 3.07. The molecule has 0 N–H and O–H groups in total. The van der Waals surface area contributed by atoms with E-state index in [1.165, 1.54) is 5.56 Å². The van der Waals surface area contributed by atoms with Gasteiger partial charge in [0.2, 0.25) is 0 Å². The Morgan fingerprint density at radius 1 is 0.733 bits per heavy atom. The van der Waals surface area contributed by atoms with Crippen molar-refractivity contribution in [3.8, 4) is 0 Å². The lowest BCUT2D eigenvalue weighted by Gasteiger charge is -1.87. The Hall–Kier alpha value is -1.82. The van der Waals surface area contributed by atoms with Crippen molar-refractivity contribution in [1.82, 2.24) is 0 Å². The van der Waals surface area contributed by atoms with Gasteiger partial charge in [0.25, 0.3) is 0 Å². The van der Waals surface area contributed by atoms with Crippen LogP contribution >= 0.6 is 0 Å². The molecule has 15 heavy (non-hydrogen) atoms. The molecule has 1 aromatic rings. The molecular formula is C15H16. The summed E-state index contributed by atoms with van der Waals surface area (Å²) in [6.45, 7) is 2.00. The van der Waals surface area contributed by atoms with E-state index < -0.39 is 0 Å². The molecule has 0 aromatic heterocycles. The summed E-state index contributed by atoms with van der Waals surface area (Å²) >= 11 is 0. The molecule has 0 atom stereocenters. The third-order valence-corrected chi connectivity index (χ3v) is 1.84. The summed E-state index contributed by atoms with van der Waals surface area (Å²) < 4.78 is 0. The molecule has 0 saturated carbocycles. The van der Waals surface area contributed by atoms with Gasteiger partial charge in [-0.3, -0.25) is 0 Å². The number of hydrogen-bond acceptors (Lipinski definition) is 0. The SMILES string of the molecule is C/C=C/C=C/C=C\C=C\c1ccccc1. The lowest BCUT2D eigenvalue weighted by Crippen LogP contribution is -1.66. The fraction of sp³-hybridized carbons (Fsp3) is 0.0667. The predicted octanol–water partition coefficient (Wildman–Crippen LogP) is 4.39. The molecule has 0 unspecified atom stereocenters. The van der Waals surface area contributed by atoms with Crippen molar-refractivity contribution in [1.29, 1.82) is 0 Å². The largest absolute Gasteiger partial charge is 0.0877 e. The molecule has 0 heteroatoms. The molecular weight excluding hydrogens is 180 g/mol. The summed E-state index contributed by atoms with van der Waals surface area (Å²) in [6, 6.07) is 10.3. The standard InChI is InChI=1S/C15H16/c1-2-3-4-5-6-7-9-12-15-13-10-8-11-14-15/h2-14H,1H3/b3-2+,5-4+,7-6-,12-9+. The summed E-state index contributed by atoms with van der Waals surface area (Å²) in [4.78, 5) is 0. The van der Waals surface area contributed by atoms with Gasteiger partial charge >= 0.3 is 0 Å². The first-order valence-electron chi connectivity index (χ1n) is 5.11. The van der Waals surface area contributed by atoms with E-state index in [1.807, 2.05) is 67.7 Å². The minimum absolute atomic E-state index is 1.22. The number of allylic oxidation sites excluding steroid dienone is 7. The molecule has 0 aliphatic rings. The van der Waals surface area contributed by atoms with Crippen molar-refractivity contribution in [2.75, 3.05) is 0 Å². The normalized spacial score (nSPS) is 12.6. The van der Waals surface area contributed by atoms with Crippen molar-refractivity contribution in [3.63, 3.8) is 0 Å². The van der Waals surface area contributed by atoms with Gasteiger partial charge in [0.05, 0.1) is 0 Å². The molecule has 0 fully saturated rings. The van der Waals surface area contributed by atoms with E-state index >= 15 is 0 Å². The second-order valence-electron chi connectivity index (χ2n) is 3.07. The van der Waals surface area contributed by atoms with E-state index in [4.69, 9.17) is 0 Å². The van der Waals surface area contributed by atoms with E-state index in [0.717, 1.165) is 0 Å². The van der Waals surface area contributed by atoms with Gasteiger partial charge in [-0.2, -0.15) is 0 Å². The van der Waals surface area contributed by atoms with Crippen LogP contribution in [0.25, 0.3) is 6.08 Å². The molecule has 0 aliphatic carbocycles. The smallest absolute Gasteiger partial charge is 0.0257 e. The number of benzene rings is 1. The summed E-state index contributed by atoms with van der Waals surface area (Å²) in [5, 5.41) is 0. The van der Waals surface area contributed by atoms with Gasteiger partial charge in [-0.15, -0.1) is 0 Å². The number of rotatable bonds is 4. The third-order valence-electron chi connectivity index (χ3n) is 1.84. The quantitative estimate of drug-likeness (QED) is 0.626. The van der Waals surface area contributed by atoms with Gasteiger partial charge in [-0.25, -0.2) is 0 Å². The van der Waals surface area contributed by atoms with Crippen LogP contribution in [0.4, 0.5) is 0 Å². The highest BCUT2D eigenvalue weighted by Gasteiger charge is 1.78. The van der Waals surface area contributed by atoms with E-state index in [2.05, 4.69) is 18.2 Å². The fourth-order valence-corrected chi connectivity index (χ4v) is 1.10. The molecule has 0 heterocycles. The van der Waals surface area contributed by atoms with Crippen molar-refractivity contribution in [3.05, 3.63) is 78.4 Å². The van der Waals surface area contributed by atoms with Crippen LogP contribution in [-0.2, 0) is 0 Å². The zero-order chi connectivity index (χ0) is 10.8. The molecule has 0 radical (unpaired) electrons. The van der Waals surface area contributed by atoms with E-state index in [1.54, 1.807) is 0 Å². The molecule has 0 nitrogen and oxygen atoms in total. The van der Waals surface area contributed by atoms with Crippen LogP contribution in [0.2, 0.25) is 0 Å². The lowest BCUT2D eigenvalue weighted by molar-refractivity contribution is 1.66.